The number of rotatable bonds is 4. The quantitative estimate of drug-likeness (QED) is 0.608. The van der Waals surface area contributed by atoms with Crippen LogP contribution in [0.15, 0.2) is 45.3 Å². The van der Waals surface area contributed by atoms with Crippen molar-refractivity contribution in [3.05, 3.63) is 68.1 Å². The molecule has 0 aliphatic heterocycles. The zero-order valence-corrected chi connectivity index (χ0v) is 14.3. The second-order valence-corrected chi connectivity index (χ2v) is 6.01. The van der Waals surface area contributed by atoms with Gasteiger partial charge in [-0.2, -0.15) is 0 Å². The molecule has 0 aliphatic rings. The van der Waals surface area contributed by atoms with Gasteiger partial charge in [0.2, 0.25) is 0 Å². The zero-order chi connectivity index (χ0) is 16.1. The molecule has 2 rings (SSSR count). The lowest BCUT2D eigenvalue weighted by Gasteiger charge is -2.09. The van der Waals surface area contributed by atoms with Crippen molar-refractivity contribution in [2.75, 3.05) is 0 Å². The van der Waals surface area contributed by atoms with Crippen molar-refractivity contribution >= 4 is 38.0 Å². The maximum absolute atomic E-state index is 12.9. The van der Waals surface area contributed by atoms with E-state index in [0.717, 1.165) is 0 Å². The molecule has 116 valence electrons. The van der Waals surface area contributed by atoms with Crippen LogP contribution >= 0.6 is 31.9 Å². The topological polar surface area (TPSA) is 35.5 Å². The third kappa shape index (κ3) is 4.78. The predicted octanol–water partition coefficient (Wildman–Crippen LogP) is 5.34. The molecule has 0 aliphatic carbocycles. The average molecular weight is 436 g/mol. The van der Waals surface area contributed by atoms with Gasteiger partial charge in [0.15, 0.2) is 0 Å². The van der Waals surface area contributed by atoms with Gasteiger partial charge in [-0.25, -0.2) is 13.6 Å². The molecule has 0 aromatic heterocycles. The summed E-state index contributed by atoms with van der Waals surface area (Å²) in [5, 5.41) is 0. The third-order valence-corrected chi connectivity index (χ3v) is 4.20. The van der Waals surface area contributed by atoms with E-state index in [2.05, 4.69) is 31.9 Å². The minimum Gasteiger partial charge on any atom is -0.429 e. The van der Waals surface area contributed by atoms with Gasteiger partial charge < -0.3 is 9.47 Å². The molecule has 0 radical (unpaired) electrons. The SMILES string of the molecule is O=C(OCc1ccc(F)cc1Br)OCc1ccc(F)cc1Br. The van der Waals surface area contributed by atoms with E-state index in [9.17, 15) is 13.6 Å². The van der Waals surface area contributed by atoms with E-state index < -0.39 is 6.16 Å². The van der Waals surface area contributed by atoms with Gasteiger partial charge in [-0.1, -0.05) is 44.0 Å². The first kappa shape index (κ1) is 16.9. The Balaban J connectivity index is 1.85. The molecule has 0 atom stereocenters. The fourth-order valence-electron chi connectivity index (χ4n) is 1.59. The monoisotopic (exact) mass is 434 g/mol. The van der Waals surface area contributed by atoms with Crippen LogP contribution < -0.4 is 0 Å². The van der Waals surface area contributed by atoms with Crippen molar-refractivity contribution in [2.24, 2.45) is 0 Å². The fourth-order valence-corrected chi connectivity index (χ4v) is 2.52. The maximum atomic E-state index is 12.9. The molecular formula is C15H10Br2F2O3. The number of carbonyl (C=O) groups is 1. The van der Waals surface area contributed by atoms with E-state index >= 15 is 0 Å². The first-order chi connectivity index (χ1) is 10.5. The van der Waals surface area contributed by atoms with E-state index in [1.54, 1.807) is 0 Å². The molecule has 3 nitrogen and oxygen atoms in total. The van der Waals surface area contributed by atoms with Gasteiger partial charge in [0, 0.05) is 20.1 Å². The molecule has 0 spiro atoms. The lowest BCUT2D eigenvalue weighted by Crippen LogP contribution is -2.08. The molecule has 2 aromatic rings. The molecule has 0 N–H and O–H groups in total. The summed E-state index contributed by atoms with van der Waals surface area (Å²) in [6, 6.07) is 8.10. The molecule has 2 aromatic carbocycles. The standard InChI is InChI=1S/C15H10Br2F2O3/c16-13-5-11(18)3-1-9(13)7-21-15(20)22-8-10-2-4-12(19)6-14(10)17/h1-6H,7-8H2. The molecule has 0 bridgehead atoms. The molecule has 0 saturated heterocycles. The zero-order valence-electron chi connectivity index (χ0n) is 11.1. The van der Waals surface area contributed by atoms with E-state index in [1.807, 2.05) is 0 Å². The molecule has 0 fully saturated rings. The molecule has 22 heavy (non-hydrogen) atoms. The molecule has 0 saturated carbocycles. The van der Waals surface area contributed by atoms with Crippen LogP contribution in [-0.2, 0) is 22.7 Å². The van der Waals surface area contributed by atoms with Crippen LogP contribution in [-0.4, -0.2) is 6.16 Å². The van der Waals surface area contributed by atoms with E-state index in [-0.39, 0.29) is 24.8 Å². The Labute approximate surface area is 142 Å². The summed E-state index contributed by atoms with van der Waals surface area (Å²) < 4.78 is 36.7. The molecule has 0 heterocycles. The van der Waals surface area contributed by atoms with Crippen molar-refractivity contribution < 1.29 is 23.0 Å². The van der Waals surface area contributed by atoms with Gasteiger partial charge >= 0.3 is 6.16 Å². The summed E-state index contributed by atoms with van der Waals surface area (Å²) >= 11 is 6.35. The van der Waals surface area contributed by atoms with Crippen molar-refractivity contribution in [1.82, 2.24) is 0 Å². The second kappa shape index (κ2) is 7.69. The summed E-state index contributed by atoms with van der Waals surface area (Å²) in [7, 11) is 0. The minimum atomic E-state index is -0.868. The highest BCUT2D eigenvalue weighted by molar-refractivity contribution is 9.10. The van der Waals surface area contributed by atoms with E-state index in [0.29, 0.717) is 20.1 Å². The first-order valence-corrected chi connectivity index (χ1v) is 7.71. The van der Waals surface area contributed by atoms with Crippen LogP contribution in [0, 0.1) is 11.6 Å². The highest BCUT2D eigenvalue weighted by atomic mass is 79.9. The van der Waals surface area contributed by atoms with Gasteiger partial charge in [0.25, 0.3) is 0 Å². The van der Waals surface area contributed by atoms with Crippen LogP contribution in [0.1, 0.15) is 11.1 Å². The summed E-state index contributed by atoms with van der Waals surface area (Å²) in [5.41, 5.74) is 1.22. The smallest absolute Gasteiger partial charge is 0.429 e. The van der Waals surface area contributed by atoms with Crippen molar-refractivity contribution in [1.29, 1.82) is 0 Å². The molecular weight excluding hydrogens is 426 g/mol. The van der Waals surface area contributed by atoms with E-state index in [1.165, 1.54) is 36.4 Å². The Morgan fingerprint density at radius 2 is 1.27 bits per heavy atom. The van der Waals surface area contributed by atoms with Crippen molar-refractivity contribution in [2.45, 2.75) is 13.2 Å². The summed E-state index contributed by atoms with van der Waals surface area (Å²) in [4.78, 5) is 11.5. The number of benzene rings is 2. The maximum Gasteiger partial charge on any atom is 0.508 e. The highest BCUT2D eigenvalue weighted by Crippen LogP contribution is 2.20. The molecule has 7 heteroatoms. The number of hydrogen-bond acceptors (Lipinski definition) is 3. The van der Waals surface area contributed by atoms with E-state index in [4.69, 9.17) is 9.47 Å². The Morgan fingerprint density at radius 3 is 1.64 bits per heavy atom. The Bertz CT molecular complexity index is 635. The van der Waals surface area contributed by atoms with Crippen LogP contribution in [0.2, 0.25) is 0 Å². The largest absolute Gasteiger partial charge is 0.508 e. The summed E-state index contributed by atoms with van der Waals surface area (Å²) in [6.45, 7) is -0.103. The number of hydrogen-bond donors (Lipinski definition) is 0. The molecule has 0 unspecified atom stereocenters. The van der Waals surface area contributed by atoms with Gasteiger partial charge in [0.05, 0.1) is 0 Å². The van der Waals surface area contributed by atoms with Crippen LogP contribution in [0.5, 0.6) is 0 Å². The number of halogens is 4. The lowest BCUT2D eigenvalue weighted by molar-refractivity contribution is 0.0444. The van der Waals surface area contributed by atoms with Gasteiger partial charge in [-0.3, -0.25) is 0 Å². The van der Waals surface area contributed by atoms with Crippen molar-refractivity contribution in [3.8, 4) is 0 Å². The minimum absolute atomic E-state index is 0.0513. The Kier molecular flexibility index (Phi) is 5.90. The fraction of sp³-hybridized carbons (Fsp3) is 0.133. The lowest BCUT2D eigenvalue weighted by atomic mass is 10.2. The van der Waals surface area contributed by atoms with Gasteiger partial charge in [-0.05, 0) is 24.3 Å². The Morgan fingerprint density at radius 1 is 0.864 bits per heavy atom. The van der Waals surface area contributed by atoms with Crippen LogP contribution in [0.25, 0.3) is 0 Å². The Hall–Kier alpha value is -1.47. The summed E-state index contributed by atoms with van der Waals surface area (Å²) in [5.74, 6) is -0.779. The van der Waals surface area contributed by atoms with Gasteiger partial charge in [-0.15, -0.1) is 0 Å². The van der Waals surface area contributed by atoms with Crippen LogP contribution in [0.4, 0.5) is 13.6 Å². The van der Waals surface area contributed by atoms with Crippen LogP contribution in [0.3, 0.4) is 0 Å². The predicted molar refractivity (Wildman–Crippen MR) is 83.2 cm³/mol. The third-order valence-electron chi connectivity index (χ3n) is 2.72. The van der Waals surface area contributed by atoms with Gasteiger partial charge in [0.1, 0.15) is 24.8 Å². The van der Waals surface area contributed by atoms with Crippen molar-refractivity contribution in [3.63, 3.8) is 0 Å². The number of carbonyl (C=O) groups excluding carboxylic acids is 1. The summed E-state index contributed by atoms with van der Waals surface area (Å²) in [6.07, 6.45) is -0.868. The number of ether oxygens (including phenoxy) is 2. The first-order valence-electron chi connectivity index (χ1n) is 6.13. The second-order valence-electron chi connectivity index (χ2n) is 4.30. The highest BCUT2D eigenvalue weighted by Gasteiger charge is 2.09. The average Bonchev–Trinajstić information content (AvgIpc) is 2.45. The normalized spacial score (nSPS) is 10.4. The molecule has 0 amide bonds.